The lowest BCUT2D eigenvalue weighted by Crippen LogP contribution is -2.14. The summed E-state index contributed by atoms with van der Waals surface area (Å²) in [6.07, 6.45) is 0.324. The number of ether oxygens (including phenoxy) is 1. The van der Waals surface area contributed by atoms with E-state index in [-0.39, 0.29) is 16.1 Å². The fraction of sp³-hybridized carbons (Fsp3) is 0.188. The van der Waals surface area contributed by atoms with E-state index in [1.807, 2.05) is 36.4 Å². The molecular formula is C16H14BrFN2O. The molecule has 0 aliphatic carbocycles. The maximum Gasteiger partial charge on any atom is 0.139 e. The van der Waals surface area contributed by atoms with Gasteiger partial charge >= 0.3 is 0 Å². The standard InChI is InChI=1S/C16H14BrFN2O/c17-13-9-16(12(10-20)8-14(13)18)21-15(6-7-19)11-4-2-1-3-5-11/h1-5,8-9,15H,6-7,19H2/t15-/m1/s1. The van der Waals surface area contributed by atoms with Crippen LogP contribution in [-0.4, -0.2) is 6.54 Å². The largest absolute Gasteiger partial charge is 0.484 e. The maximum absolute atomic E-state index is 13.5. The van der Waals surface area contributed by atoms with Gasteiger partial charge in [0.25, 0.3) is 0 Å². The molecular weight excluding hydrogens is 335 g/mol. The van der Waals surface area contributed by atoms with E-state index in [0.29, 0.717) is 18.7 Å². The van der Waals surface area contributed by atoms with Gasteiger partial charge < -0.3 is 10.5 Å². The minimum atomic E-state index is -0.492. The summed E-state index contributed by atoms with van der Waals surface area (Å²) in [4.78, 5) is 0. The van der Waals surface area contributed by atoms with Crippen LogP contribution in [0.4, 0.5) is 4.39 Å². The van der Waals surface area contributed by atoms with Crippen LogP contribution in [0.15, 0.2) is 46.9 Å². The van der Waals surface area contributed by atoms with Gasteiger partial charge in [0, 0.05) is 6.42 Å². The van der Waals surface area contributed by atoms with Gasteiger partial charge in [-0.15, -0.1) is 0 Å². The minimum absolute atomic E-state index is 0.161. The fourth-order valence-electron chi connectivity index (χ4n) is 1.98. The molecule has 0 heterocycles. The Morgan fingerprint density at radius 2 is 2.00 bits per heavy atom. The van der Waals surface area contributed by atoms with E-state index in [1.165, 1.54) is 6.07 Å². The zero-order chi connectivity index (χ0) is 15.2. The van der Waals surface area contributed by atoms with Crippen molar-refractivity contribution in [1.82, 2.24) is 0 Å². The first-order chi connectivity index (χ1) is 10.2. The lowest BCUT2D eigenvalue weighted by Gasteiger charge is -2.20. The first-order valence-corrected chi connectivity index (χ1v) is 7.25. The van der Waals surface area contributed by atoms with Crippen LogP contribution in [0.3, 0.4) is 0 Å². The number of nitrogens with two attached hydrogens (primary N) is 1. The normalized spacial score (nSPS) is 11.7. The van der Waals surface area contributed by atoms with Crippen molar-refractivity contribution in [2.75, 3.05) is 6.54 Å². The first-order valence-electron chi connectivity index (χ1n) is 6.46. The molecule has 0 saturated heterocycles. The van der Waals surface area contributed by atoms with Gasteiger partial charge in [0.1, 0.15) is 23.7 Å². The van der Waals surface area contributed by atoms with Crippen molar-refractivity contribution in [1.29, 1.82) is 5.26 Å². The van der Waals surface area contributed by atoms with Gasteiger partial charge in [-0.2, -0.15) is 5.26 Å². The van der Waals surface area contributed by atoms with E-state index >= 15 is 0 Å². The zero-order valence-electron chi connectivity index (χ0n) is 11.2. The molecule has 2 rings (SSSR count). The van der Waals surface area contributed by atoms with Gasteiger partial charge in [0.05, 0.1) is 10.0 Å². The monoisotopic (exact) mass is 348 g/mol. The second-order valence-electron chi connectivity index (χ2n) is 4.47. The highest BCUT2D eigenvalue weighted by atomic mass is 79.9. The lowest BCUT2D eigenvalue weighted by atomic mass is 10.1. The number of halogens is 2. The van der Waals surface area contributed by atoms with Gasteiger partial charge in [-0.25, -0.2) is 4.39 Å². The van der Waals surface area contributed by atoms with Gasteiger partial charge in [-0.05, 0) is 40.2 Å². The third-order valence-electron chi connectivity index (χ3n) is 3.01. The van der Waals surface area contributed by atoms with Crippen molar-refractivity contribution < 1.29 is 9.13 Å². The molecule has 0 unspecified atom stereocenters. The molecule has 2 N–H and O–H groups in total. The molecule has 5 heteroatoms. The Kier molecular flexibility index (Phi) is 5.32. The van der Waals surface area contributed by atoms with Crippen LogP contribution < -0.4 is 10.5 Å². The second-order valence-corrected chi connectivity index (χ2v) is 5.32. The number of rotatable bonds is 5. The fourth-order valence-corrected chi connectivity index (χ4v) is 2.30. The summed E-state index contributed by atoms with van der Waals surface area (Å²) in [5, 5.41) is 9.11. The van der Waals surface area contributed by atoms with E-state index in [0.717, 1.165) is 11.6 Å². The number of hydrogen-bond acceptors (Lipinski definition) is 3. The molecule has 0 saturated carbocycles. The summed E-state index contributed by atoms with van der Waals surface area (Å²) in [6, 6.07) is 14.2. The molecule has 2 aromatic carbocycles. The average Bonchev–Trinajstić information content (AvgIpc) is 2.51. The molecule has 0 radical (unpaired) electrons. The summed E-state index contributed by atoms with van der Waals surface area (Å²) < 4.78 is 19.6. The number of benzene rings is 2. The molecule has 0 spiro atoms. The summed E-state index contributed by atoms with van der Waals surface area (Å²) in [5.74, 6) is -0.151. The minimum Gasteiger partial charge on any atom is -0.484 e. The third-order valence-corrected chi connectivity index (χ3v) is 3.62. The molecule has 0 amide bonds. The van der Waals surface area contributed by atoms with E-state index in [9.17, 15) is 4.39 Å². The summed E-state index contributed by atoms with van der Waals surface area (Å²) in [5.41, 5.74) is 6.76. The van der Waals surface area contributed by atoms with Crippen LogP contribution in [0, 0.1) is 17.1 Å². The van der Waals surface area contributed by atoms with Crippen LogP contribution in [0.2, 0.25) is 0 Å². The molecule has 0 bridgehead atoms. The second kappa shape index (κ2) is 7.21. The van der Waals surface area contributed by atoms with Crippen LogP contribution in [0.5, 0.6) is 5.75 Å². The van der Waals surface area contributed by atoms with Crippen molar-refractivity contribution in [3.8, 4) is 11.8 Å². The Labute approximate surface area is 131 Å². The highest BCUT2D eigenvalue weighted by Gasteiger charge is 2.16. The van der Waals surface area contributed by atoms with Crippen LogP contribution >= 0.6 is 15.9 Å². The summed E-state index contributed by atoms with van der Waals surface area (Å²) in [7, 11) is 0. The smallest absolute Gasteiger partial charge is 0.139 e. The number of nitrogens with zero attached hydrogens (tertiary/aromatic N) is 1. The van der Waals surface area contributed by atoms with Crippen LogP contribution in [0.25, 0.3) is 0 Å². The Bertz CT molecular complexity index is 655. The van der Waals surface area contributed by atoms with E-state index in [4.69, 9.17) is 15.7 Å². The first kappa shape index (κ1) is 15.5. The molecule has 1 atom stereocenters. The van der Waals surface area contributed by atoms with E-state index in [1.54, 1.807) is 0 Å². The van der Waals surface area contributed by atoms with Crippen molar-refractivity contribution in [2.24, 2.45) is 5.73 Å². The highest BCUT2D eigenvalue weighted by molar-refractivity contribution is 9.10. The van der Waals surface area contributed by atoms with Crippen LogP contribution in [-0.2, 0) is 0 Å². The topological polar surface area (TPSA) is 59.0 Å². The van der Waals surface area contributed by atoms with Gasteiger partial charge in [-0.3, -0.25) is 0 Å². The number of nitriles is 1. The maximum atomic E-state index is 13.5. The van der Waals surface area contributed by atoms with E-state index in [2.05, 4.69) is 15.9 Å². The van der Waals surface area contributed by atoms with Crippen molar-refractivity contribution in [3.05, 3.63) is 63.9 Å². The van der Waals surface area contributed by atoms with Gasteiger partial charge in [-0.1, -0.05) is 30.3 Å². The molecule has 0 aliphatic heterocycles. The molecule has 0 fully saturated rings. The van der Waals surface area contributed by atoms with Crippen molar-refractivity contribution in [2.45, 2.75) is 12.5 Å². The number of hydrogen-bond donors (Lipinski definition) is 1. The summed E-state index contributed by atoms with van der Waals surface area (Å²) >= 11 is 3.11. The quantitative estimate of drug-likeness (QED) is 0.890. The van der Waals surface area contributed by atoms with Gasteiger partial charge in [0.15, 0.2) is 0 Å². The predicted molar refractivity (Wildman–Crippen MR) is 82.3 cm³/mol. The SMILES string of the molecule is N#Cc1cc(F)c(Br)cc1O[C@H](CCN)c1ccccc1. The van der Waals surface area contributed by atoms with E-state index < -0.39 is 5.82 Å². The Hall–Kier alpha value is -1.90. The molecule has 0 aliphatic rings. The highest BCUT2D eigenvalue weighted by Crippen LogP contribution is 2.31. The molecule has 3 nitrogen and oxygen atoms in total. The van der Waals surface area contributed by atoms with Crippen molar-refractivity contribution >= 4 is 15.9 Å². The Morgan fingerprint density at radius 3 is 2.62 bits per heavy atom. The molecule has 2 aromatic rings. The Balaban J connectivity index is 2.34. The van der Waals surface area contributed by atoms with Gasteiger partial charge in [0.2, 0.25) is 0 Å². The predicted octanol–water partition coefficient (Wildman–Crippen LogP) is 3.93. The van der Waals surface area contributed by atoms with Crippen LogP contribution in [0.1, 0.15) is 23.7 Å². The average molecular weight is 349 g/mol. The molecule has 0 aromatic heterocycles. The summed E-state index contributed by atoms with van der Waals surface area (Å²) in [6.45, 7) is 0.448. The zero-order valence-corrected chi connectivity index (χ0v) is 12.8. The molecule has 21 heavy (non-hydrogen) atoms. The third kappa shape index (κ3) is 3.81. The Morgan fingerprint density at radius 1 is 1.29 bits per heavy atom. The molecule has 108 valence electrons. The van der Waals surface area contributed by atoms with Crippen molar-refractivity contribution in [3.63, 3.8) is 0 Å². The lowest BCUT2D eigenvalue weighted by molar-refractivity contribution is 0.197.